The molecule has 1 unspecified atom stereocenters. The van der Waals surface area contributed by atoms with Gasteiger partial charge in [0.05, 0.1) is 0 Å². The van der Waals surface area contributed by atoms with Crippen LogP contribution < -0.4 is 10.2 Å². The predicted octanol–water partition coefficient (Wildman–Crippen LogP) is 4.00. The second kappa shape index (κ2) is 7.31. The maximum atomic E-state index is 3.77. The Labute approximate surface area is 129 Å². The lowest BCUT2D eigenvalue weighted by Gasteiger charge is -2.28. The van der Waals surface area contributed by atoms with Crippen molar-refractivity contribution >= 4 is 5.69 Å². The number of benzene rings is 1. The lowest BCUT2D eigenvalue weighted by Crippen LogP contribution is -2.36. The van der Waals surface area contributed by atoms with Gasteiger partial charge < -0.3 is 10.2 Å². The fraction of sp³-hybridized carbons (Fsp3) is 0.684. The van der Waals surface area contributed by atoms with Gasteiger partial charge in [-0.3, -0.25) is 0 Å². The maximum Gasteiger partial charge on any atom is 0.0399 e. The monoisotopic (exact) mass is 286 g/mol. The van der Waals surface area contributed by atoms with Crippen molar-refractivity contribution in [2.45, 2.75) is 57.9 Å². The van der Waals surface area contributed by atoms with Gasteiger partial charge in [0.25, 0.3) is 0 Å². The largest absolute Gasteiger partial charge is 0.371 e. The van der Waals surface area contributed by atoms with Crippen LogP contribution in [-0.4, -0.2) is 25.7 Å². The van der Waals surface area contributed by atoms with Gasteiger partial charge in [0.1, 0.15) is 0 Å². The molecule has 1 fully saturated rings. The first-order valence-corrected chi connectivity index (χ1v) is 8.91. The molecule has 2 aliphatic rings. The average molecular weight is 286 g/mol. The summed E-state index contributed by atoms with van der Waals surface area (Å²) in [6, 6.07) is 9.59. The number of nitrogens with zero attached hydrogens (tertiary/aromatic N) is 1. The Morgan fingerprint density at radius 1 is 1.19 bits per heavy atom. The van der Waals surface area contributed by atoms with Crippen molar-refractivity contribution in [2.75, 3.05) is 24.5 Å². The normalized spacial score (nSPS) is 20.5. The first kappa shape index (κ1) is 14.9. The molecule has 2 nitrogen and oxygen atoms in total. The predicted molar refractivity (Wildman–Crippen MR) is 91.0 cm³/mol. The van der Waals surface area contributed by atoms with Crippen molar-refractivity contribution in [3.8, 4) is 0 Å². The Hall–Kier alpha value is -1.02. The highest BCUT2D eigenvalue weighted by molar-refractivity contribution is 5.57. The zero-order valence-electron chi connectivity index (χ0n) is 13.5. The number of fused-ring (bicyclic) bond motifs is 1. The summed E-state index contributed by atoms with van der Waals surface area (Å²) in [7, 11) is 0. The van der Waals surface area contributed by atoms with E-state index < -0.39 is 0 Å². The Morgan fingerprint density at radius 3 is 2.86 bits per heavy atom. The molecule has 1 N–H and O–H groups in total. The Bertz CT molecular complexity index is 437. The minimum absolute atomic E-state index is 0.705. The molecule has 1 saturated carbocycles. The van der Waals surface area contributed by atoms with Gasteiger partial charge in [-0.05, 0) is 56.7 Å². The van der Waals surface area contributed by atoms with Crippen LogP contribution in [0.5, 0.6) is 0 Å². The van der Waals surface area contributed by atoms with Crippen molar-refractivity contribution in [1.82, 2.24) is 5.32 Å². The molecule has 1 aromatic carbocycles. The molecule has 0 amide bonds. The first-order valence-electron chi connectivity index (χ1n) is 8.91. The molecule has 1 aliphatic heterocycles. The number of hydrogen-bond donors (Lipinski definition) is 1. The van der Waals surface area contributed by atoms with Crippen LogP contribution in [0, 0.1) is 5.92 Å². The van der Waals surface area contributed by atoms with E-state index in [0.717, 1.165) is 12.5 Å². The molecule has 0 spiro atoms. The number of rotatable bonds is 6. The maximum absolute atomic E-state index is 3.77. The quantitative estimate of drug-likeness (QED) is 0.795. The zero-order valence-corrected chi connectivity index (χ0v) is 13.5. The fourth-order valence-electron chi connectivity index (χ4n) is 4.04. The van der Waals surface area contributed by atoms with Gasteiger partial charge in [-0.2, -0.15) is 0 Å². The van der Waals surface area contributed by atoms with Crippen molar-refractivity contribution in [3.63, 3.8) is 0 Å². The summed E-state index contributed by atoms with van der Waals surface area (Å²) in [5.41, 5.74) is 3.00. The SMILES string of the molecule is CC(NCCCN1CCc2ccccc21)C1CCCCC1. The van der Waals surface area contributed by atoms with E-state index in [2.05, 4.69) is 41.4 Å². The van der Waals surface area contributed by atoms with E-state index >= 15 is 0 Å². The lowest BCUT2D eigenvalue weighted by molar-refractivity contribution is 0.281. The topological polar surface area (TPSA) is 15.3 Å². The van der Waals surface area contributed by atoms with E-state index in [1.807, 2.05) is 0 Å². The van der Waals surface area contributed by atoms with E-state index in [0.29, 0.717) is 6.04 Å². The molecular formula is C19H30N2. The third kappa shape index (κ3) is 3.79. The van der Waals surface area contributed by atoms with Gasteiger partial charge >= 0.3 is 0 Å². The minimum Gasteiger partial charge on any atom is -0.371 e. The molecule has 0 radical (unpaired) electrons. The third-order valence-corrected chi connectivity index (χ3v) is 5.41. The second-order valence-corrected chi connectivity index (χ2v) is 6.86. The van der Waals surface area contributed by atoms with E-state index in [4.69, 9.17) is 0 Å². The minimum atomic E-state index is 0.705. The van der Waals surface area contributed by atoms with Gasteiger partial charge in [-0.15, -0.1) is 0 Å². The Morgan fingerprint density at radius 2 is 2.00 bits per heavy atom. The molecule has 1 aromatic rings. The molecule has 0 saturated heterocycles. The fourth-order valence-corrected chi connectivity index (χ4v) is 4.04. The van der Waals surface area contributed by atoms with Crippen molar-refractivity contribution in [1.29, 1.82) is 0 Å². The number of hydrogen-bond acceptors (Lipinski definition) is 2. The van der Waals surface area contributed by atoms with Gasteiger partial charge in [-0.1, -0.05) is 37.5 Å². The molecule has 0 bridgehead atoms. The van der Waals surface area contributed by atoms with Crippen LogP contribution in [0.25, 0.3) is 0 Å². The number of para-hydroxylation sites is 1. The number of anilines is 1. The molecule has 0 aromatic heterocycles. The van der Waals surface area contributed by atoms with Crippen molar-refractivity contribution < 1.29 is 0 Å². The number of nitrogens with one attached hydrogen (secondary N) is 1. The summed E-state index contributed by atoms with van der Waals surface area (Å²) in [6.45, 7) is 5.95. The van der Waals surface area contributed by atoms with Gasteiger partial charge in [0.15, 0.2) is 0 Å². The van der Waals surface area contributed by atoms with Gasteiger partial charge in [0.2, 0.25) is 0 Å². The third-order valence-electron chi connectivity index (χ3n) is 5.41. The standard InChI is InChI=1S/C19H30N2/c1-16(17-8-3-2-4-9-17)20-13-7-14-21-15-12-18-10-5-6-11-19(18)21/h5-6,10-11,16-17,20H,2-4,7-9,12-15H2,1H3. The van der Waals surface area contributed by atoms with Gasteiger partial charge in [-0.25, -0.2) is 0 Å². The zero-order chi connectivity index (χ0) is 14.5. The van der Waals surface area contributed by atoms with E-state index in [1.54, 1.807) is 0 Å². The smallest absolute Gasteiger partial charge is 0.0399 e. The van der Waals surface area contributed by atoms with E-state index in [9.17, 15) is 0 Å². The molecular weight excluding hydrogens is 256 g/mol. The molecule has 1 heterocycles. The highest BCUT2D eigenvalue weighted by Crippen LogP contribution is 2.28. The highest BCUT2D eigenvalue weighted by Gasteiger charge is 2.20. The molecule has 1 aliphatic carbocycles. The summed E-state index contributed by atoms with van der Waals surface area (Å²) < 4.78 is 0. The lowest BCUT2D eigenvalue weighted by atomic mass is 9.84. The molecule has 3 rings (SSSR count). The Kier molecular flexibility index (Phi) is 5.18. The van der Waals surface area contributed by atoms with Crippen LogP contribution in [0.4, 0.5) is 5.69 Å². The average Bonchev–Trinajstić information content (AvgIpc) is 2.95. The van der Waals surface area contributed by atoms with Crippen LogP contribution >= 0.6 is 0 Å². The van der Waals surface area contributed by atoms with E-state index in [-0.39, 0.29) is 0 Å². The second-order valence-electron chi connectivity index (χ2n) is 6.86. The van der Waals surface area contributed by atoms with Crippen LogP contribution in [0.1, 0.15) is 51.0 Å². The molecule has 1 atom stereocenters. The first-order chi connectivity index (χ1) is 10.3. The van der Waals surface area contributed by atoms with Crippen LogP contribution in [0.15, 0.2) is 24.3 Å². The van der Waals surface area contributed by atoms with Gasteiger partial charge in [0, 0.05) is 24.8 Å². The summed E-state index contributed by atoms with van der Waals surface area (Å²) in [4.78, 5) is 2.56. The van der Waals surface area contributed by atoms with E-state index in [1.165, 1.54) is 69.3 Å². The Balaban J connectivity index is 1.37. The highest BCUT2D eigenvalue weighted by atomic mass is 15.1. The van der Waals surface area contributed by atoms with Crippen LogP contribution in [-0.2, 0) is 6.42 Å². The molecule has 116 valence electrons. The molecule has 21 heavy (non-hydrogen) atoms. The van der Waals surface area contributed by atoms with Crippen molar-refractivity contribution in [3.05, 3.63) is 29.8 Å². The summed E-state index contributed by atoms with van der Waals surface area (Å²) >= 11 is 0. The summed E-state index contributed by atoms with van der Waals surface area (Å²) in [6.07, 6.45) is 9.70. The van der Waals surface area contributed by atoms with Crippen LogP contribution in [0.3, 0.4) is 0 Å². The van der Waals surface area contributed by atoms with Crippen molar-refractivity contribution in [2.24, 2.45) is 5.92 Å². The van der Waals surface area contributed by atoms with Crippen LogP contribution in [0.2, 0.25) is 0 Å². The summed E-state index contributed by atoms with van der Waals surface area (Å²) in [5.74, 6) is 0.922. The summed E-state index contributed by atoms with van der Waals surface area (Å²) in [5, 5.41) is 3.77. The molecule has 2 heteroatoms.